The largest absolute Gasteiger partial charge is 0.497 e. The number of benzene rings is 2. The maximum absolute atomic E-state index is 13.0. The molecule has 1 aliphatic rings. The molecule has 0 radical (unpaired) electrons. The van der Waals surface area contributed by atoms with Crippen LogP contribution in [-0.4, -0.2) is 47.7 Å². The van der Waals surface area contributed by atoms with Crippen LogP contribution >= 0.6 is 0 Å². The zero-order valence-electron chi connectivity index (χ0n) is 17.3. The van der Waals surface area contributed by atoms with E-state index in [1.165, 1.54) is 24.8 Å². The monoisotopic (exact) mass is 404 g/mol. The van der Waals surface area contributed by atoms with E-state index in [0.717, 1.165) is 30.1 Å². The molecule has 3 aromatic rings. The number of likely N-dealkylation sites (tertiary alicyclic amines) is 1. The molecule has 4 rings (SSSR count). The molecular formula is C24H28N4O2. The van der Waals surface area contributed by atoms with Gasteiger partial charge in [-0.25, -0.2) is 0 Å². The standard InChI is InChI=1S/C24H28N4O2/c1-30-20-12-10-18(11-13-20)22(28-14-6-3-7-15-28)17-25-24(29)21-16-26-27-23(21)19-8-4-2-5-9-19/h2,4-5,8-13,16,22H,3,6-7,14-15,17H2,1H3,(H,25,29)(H,26,27). The van der Waals surface area contributed by atoms with Crippen molar-refractivity contribution in [1.29, 1.82) is 0 Å². The molecule has 0 spiro atoms. The van der Waals surface area contributed by atoms with Gasteiger partial charge in [0.25, 0.3) is 5.91 Å². The third kappa shape index (κ3) is 4.54. The first-order chi connectivity index (χ1) is 14.8. The Kier molecular flexibility index (Phi) is 6.44. The second-order valence-corrected chi connectivity index (χ2v) is 7.62. The van der Waals surface area contributed by atoms with E-state index in [1.54, 1.807) is 13.3 Å². The summed E-state index contributed by atoms with van der Waals surface area (Å²) in [5.41, 5.74) is 3.44. The topological polar surface area (TPSA) is 70.2 Å². The van der Waals surface area contributed by atoms with E-state index in [2.05, 4.69) is 32.5 Å². The molecule has 0 bridgehead atoms. The van der Waals surface area contributed by atoms with Crippen molar-refractivity contribution in [1.82, 2.24) is 20.4 Å². The Morgan fingerprint density at radius 2 is 1.83 bits per heavy atom. The third-order valence-corrected chi connectivity index (χ3v) is 5.73. The number of piperidine rings is 1. The molecular weight excluding hydrogens is 376 g/mol. The summed E-state index contributed by atoms with van der Waals surface area (Å²) >= 11 is 0. The lowest BCUT2D eigenvalue weighted by molar-refractivity contribution is 0.0925. The van der Waals surface area contributed by atoms with E-state index in [1.807, 2.05) is 42.5 Å². The number of nitrogens with one attached hydrogen (secondary N) is 2. The predicted octanol–water partition coefficient (Wildman–Crippen LogP) is 4.04. The van der Waals surface area contributed by atoms with E-state index in [9.17, 15) is 4.79 Å². The van der Waals surface area contributed by atoms with Crippen molar-refractivity contribution < 1.29 is 9.53 Å². The Morgan fingerprint density at radius 3 is 2.53 bits per heavy atom. The molecule has 2 aromatic carbocycles. The second kappa shape index (κ2) is 9.59. The minimum atomic E-state index is -0.113. The van der Waals surface area contributed by atoms with Crippen molar-refractivity contribution in [3.8, 4) is 17.0 Å². The fourth-order valence-corrected chi connectivity index (χ4v) is 4.08. The summed E-state index contributed by atoms with van der Waals surface area (Å²) in [5, 5.41) is 10.2. The minimum Gasteiger partial charge on any atom is -0.497 e. The molecule has 1 atom stereocenters. The number of nitrogens with zero attached hydrogens (tertiary/aromatic N) is 2. The summed E-state index contributed by atoms with van der Waals surface area (Å²) in [6, 6.07) is 18.1. The van der Waals surface area contributed by atoms with Crippen molar-refractivity contribution in [2.24, 2.45) is 0 Å². The SMILES string of the molecule is COc1ccc(C(CNC(=O)c2cn[nH]c2-c2ccccc2)N2CCCCC2)cc1. The second-order valence-electron chi connectivity index (χ2n) is 7.62. The van der Waals surface area contributed by atoms with Gasteiger partial charge in [0, 0.05) is 12.1 Å². The smallest absolute Gasteiger partial charge is 0.255 e. The number of aromatic amines is 1. The first kappa shape index (κ1) is 20.2. The fraction of sp³-hybridized carbons (Fsp3) is 0.333. The molecule has 1 amide bonds. The van der Waals surface area contributed by atoms with Crippen LogP contribution in [-0.2, 0) is 0 Å². The van der Waals surface area contributed by atoms with Crippen molar-refractivity contribution >= 4 is 5.91 Å². The maximum Gasteiger partial charge on any atom is 0.255 e. The first-order valence-electron chi connectivity index (χ1n) is 10.5. The molecule has 30 heavy (non-hydrogen) atoms. The van der Waals surface area contributed by atoms with E-state index >= 15 is 0 Å². The van der Waals surface area contributed by atoms with Crippen LogP contribution in [0.15, 0.2) is 60.8 Å². The van der Waals surface area contributed by atoms with Crippen LogP contribution in [0.25, 0.3) is 11.3 Å². The number of amides is 1. The Labute approximate surface area is 177 Å². The van der Waals surface area contributed by atoms with E-state index in [0.29, 0.717) is 12.1 Å². The van der Waals surface area contributed by atoms with Crippen LogP contribution in [0.2, 0.25) is 0 Å². The summed E-state index contributed by atoms with van der Waals surface area (Å²) in [6.07, 6.45) is 5.26. The summed E-state index contributed by atoms with van der Waals surface area (Å²) in [7, 11) is 1.67. The van der Waals surface area contributed by atoms with Crippen LogP contribution in [0.3, 0.4) is 0 Å². The highest BCUT2D eigenvalue weighted by Crippen LogP contribution is 2.26. The van der Waals surface area contributed by atoms with Gasteiger partial charge in [0.1, 0.15) is 5.75 Å². The minimum absolute atomic E-state index is 0.113. The van der Waals surface area contributed by atoms with Gasteiger partial charge in [-0.15, -0.1) is 0 Å². The Bertz CT molecular complexity index is 947. The molecule has 156 valence electrons. The number of carbonyl (C=O) groups is 1. The molecule has 1 aromatic heterocycles. The van der Waals surface area contributed by atoms with Crippen molar-refractivity contribution in [3.63, 3.8) is 0 Å². The van der Waals surface area contributed by atoms with Gasteiger partial charge >= 0.3 is 0 Å². The van der Waals surface area contributed by atoms with Gasteiger partial charge < -0.3 is 10.1 Å². The molecule has 2 N–H and O–H groups in total. The molecule has 6 nitrogen and oxygen atoms in total. The summed E-state index contributed by atoms with van der Waals surface area (Å²) in [6.45, 7) is 2.64. The quantitative estimate of drug-likeness (QED) is 0.623. The number of carbonyl (C=O) groups excluding carboxylic acids is 1. The third-order valence-electron chi connectivity index (χ3n) is 5.73. The molecule has 0 aliphatic carbocycles. The van der Waals surface area contributed by atoms with Crippen molar-refractivity contribution in [2.75, 3.05) is 26.7 Å². The predicted molar refractivity (Wildman–Crippen MR) is 118 cm³/mol. The van der Waals surface area contributed by atoms with E-state index < -0.39 is 0 Å². The Balaban J connectivity index is 1.51. The number of H-pyrrole nitrogens is 1. The van der Waals surface area contributed by atoms with Gasteiger partial charge in [-0.2, -0.15) is 5.10 Å². The number of rotatable bonds is 7. The number of ether oxygens (including phenoxy) is 1. The molecule has 1 saturated heterocycles. The number of hydrogen-bond acceptors (Lipinski definition) is 4. The normalized spacial score (nSPS) is 15.5. The molecule has 0 saturated carbocycles. The van der Waals surface area contributed by atoms with Crippen molar-refractivity contribution in [3.05, 3.63) is 71.9 Å². The summed E-state index contributed by atoms with van der Waals surface area (Å²) < 4.78 is 5.30. The van der Waals surface area contributed by atoms with Gasteiger partial charge in [0.05, 0.1) is 30.6 Å². The van der Waals surface area contributed by atoms with E-state index in [4.69, 9.17) is 4.74 Å². The highest BCUT2D eigenvalue weighted by Gasteiger charge is 2.24. The van der Waals surface area contributed by atoms with Gasteiger partial charge in [0.15, 0.2) is 0 Å². The number of methoxy groups -OCH3 is 1. The molecule has 1 aliphatic heterocycles. The molecule has 2 heterocycles. The zero-order valence-corrected chi connectivity index (χ0v) is 17.3. The lowest BCUT2D eigenvalue weighted by Gasteiger charge is -2.35. The van der Waals surface area contributed by atoms with Crippen LogP contribution in [0.1, 0.15) is 41.2 Å². The maximum atomic E-state index is 13.0. The number of aromatic nitrogens is 2. The Morgan fingerprint density at radius 1 is 1.10 bits per heavy atom. The van der Waals surface area contributed by atoms with Gasteiger partial charge in [0.2, 0.25) is 0 Å². The summed E-state index contributed by atoms with van der Waals surface area (Å²) in [5.74, 6) is 0.726. The highest BCUT2D eigenvalue weighted by atomic mass is 16.5. The van der Waals surface area contributed by atoms with Crippen LogP contribution < -0.4 is 10.1 Å². The average Bonchev–Trinajstić information content (AvgIpc) is 3.31. The highest BCUT2D eigenvalue weighted by molar-refractivity contribution is 5.99. The van der Waals surface area contributed by atoms with Gasteiger partial charge in [-0.1, -0.05) is 48.9 Å². The van der Waals surface area contributed by atoms with Crippen molar-refractivity contribution in [2.45, 2.75) is 25.3 Å². The Hall–Kier alpha value is -3.12. The van der Waals surface area contributed by atoms with E-state index in [-0.39, 0.29) is 11.9 Å². The molecule has 1 fully saturated rings. The first-order valence-corrected chi connectivity index (χ1v) is 10.5. The summed E-state index contributed by atoms with van der Waals surface area (Å²) in [4.78, 5) is 15.5. The van der Waals surface area contributed by atoms with Crippen LogP contribution in [0.4, 0.5) is 0 Å². The lowest BCUT2D eigenvalue weighted by Crippen LogP contribution is -2.40. The zero-order chi connectivity index (χ0) is 20.8. The van der Waals surface area contributed by atoms with Crippen LogP contribution in [0.5, 0.6) is 5.75 Å². The van der Waals surface area contributed by atoms with Crippen LogP contribution in [0, 0.1) is 0 Å². The molecule has 1 unspecified atom stereocenters. The lowest BCUT2D eigenvalue weighted by atomic mass is 10.0. The fourth-order valence-electron chi connectivity index (χ4n) is 4.08. The van der Waals surface area contributed by atoms with Gasteiger partial charge in [-0.3, -0.25) is 14.8 Å². The average molecular weight is 405 g/mol. The number of hydrogen-bond donors (Lipinski definition) is 2. The van der Waals surface area contributed by atoms with Gasteiger partial charge in [-0.05, 0) is 43.6 Å². The molecule has 6 heteroatoms.